The van der Waals surface area contributed by atoms with Crippen LogP contribution in [0.25, 0.3) is 0 Å². The third-order valence-electron chi connectivity index (χ3n) is 4.15. The third kappa shape index (κ3) is 5.13. The molecule has 1 atom stereocenters. The molecule has 2 rings (SSSR count). The molecule has 0 radical (unpaired) electrons. The first-order chi connectivity index (χ1) is 9.75. The molecule has 1 saturated heterocycles. The zero-order chi connectivity index (χ0) is 14.2. The molecule has 1 unspecified atom stereocenters. The minimum atomic E-state index is 0.623. The van der Waals surface area contributed by atoms with Gasteiger partial charge in [0.15, 0.2) is 0 Å². The fourth-order valence-corrected chi connectivity index (χ4v) is 2.96. The Balaban J connectivity index is 1.94. The smallest absolute Gasteiger partial charge is 0.0281 e. The molecule has 1 heteroatoms. The van der Waals surface area contributed by atoms with Crippen LogP contribution in [-0.4, -0.2) is 24.0 Å². The van der Waals surface area contributed by atoms with E-state index < -0.39 is 0 Å². The van der Waals surface area contributed by atoms with Gasteiger partial charge in [0.25, 0.3) is 0 Å². The predicted molar refractivity (Wildman–Crippen MR) is 88.0 cm³/mol. The second kappa shape index (κ2) is 8.26. The van der Waals surface area contributed by atoms with Crippen molar-refractivity contribution in [3.8, 4) is 0 Å². The molecule has 1 aliphatic heterocycles. The number of piperidine rings is 1. The van der Waals surface area contributed by atoms with Gasteiger partial charge in [-0.15, -0.1) is 0 Å². The van der Waals surface area contributed by atoms with Crippen LogP contribution in [0.4, 0.5) is 0 Å². The second-order valence-electron chi connectivity index (χ2n) is 6.32. The topological polar surface area (TPSA) is 3.24 Å². The minimum absolute atomic E-state index is 0.623. The van der Waals surface area contributed by atoms with Crippen molar-refractivity contribution in [3.05, 3.63) is 48.0 Å². The summed E-state index contributed by atoms with van der Waals surface area (Å²) in [5.41, 5.74) is 1.47. The number of allylic oxidation sites excluding steroid dienone is 1. The minimum Gasteiger partial charge on any atom is -0.297 e. The molecule has 110 valence electrons. The van der Waals surface area contributed by atoms with Crippen molar-refractivity contribution in [1.82, 2.24) is 4.90 Å². The lowest BCUT2D eigenvalue weighted by atomic mass is 10.00. The van der Waals surface area contributed by atoms with Gasteiger partial charge in [-0.3, -0.25) is 4.90 Å². The van der Waals surface area contributed by atoms with Gasteiger partial charge in [0.2, 0.25) is 0 Å². The van der Waals surface area contributed by atoms with Crippen molar-refractivity contribution in [2.75, 3.05) is 13.1 Å². The van der Waals surface area contributed by atoms with E-state index in [-0.39, 0.29) is 0 Å². The van der Waals surface area contributed by atoms with E-state index in [1.165, 1.54) is 50.8 Å². The zero-order valence-corrected chi connectivity index (χ0v) is 13.1. The van der Waals surface area contributed by atoms with Crippen LogP contribution in [-0.2, 0) is 6.42 Å². The Bertz CT molecular complexity index is 387. The van der Waals surface area contributed by atoms with Crippen LogP contribution in [0.2, 0.25) is 0 Å². The maximum absolute atomic E-state index is 2.69. The van der Waals surface area contributed by atoms with Gasteiger partial charge in [0.05, 0.1) is 0 Å². The van der Waals surface area contributed by atoms with Gasteiger partial charge < -0.3 is 0 Å². The number of likely N-dealkylation sites (tertiary alicyclic amines) is 1. The van der Waals surface area contributed by atoms with Crippen LogP contribution in [0.15, 0.2) is 42.5 Å². The predicted octanol–water partition coefficient (Wildman–Crippen LogP) is 4.69. The molecule has 0 aliphatic carbocycles. The quantitative estimate of drug-likeness (QED) is 0.679. The molecular weight excluding hydrogens is 242 g/mol. The molecule has 1 nitrogen and oxygen atoms in total. The molecular formula is C19H29N. The van der Waals surface area contributed by atoms with E-state index in [1.807, 2.05) is 0 Å². The summed E-state index contributed by atoms with van der Waals surface area (Å²) in [5, 5.41) is 0. The van der Waals surface area contributed by atoms with Crippen molar-refractivity contribution in [2.24, 2.45) is 5.92 Å². The lowest BCUT2D eigenvalue weighted by Gasteiger charge is -2.33. The molecule has 1 aromatic rings. The van der Waals surface area contributed by atoms with Crippen LogP contribution in [0, 0.1) is 5.92 Å². The fraction of sp³-hybridized carbons (Fsp3) is 0.579. The van der Waals surface area contributed by atoms with Gasteiger partial charge in [-0.2, -0.15) is 0 Å². The van der Waals surface area contributed by atoms with Crippen molar-refractivity contribution in [2.45, 2.75) is 52.0 Å². The summed E-state index contributed by atoms with van der Waals surface area (Å²) in [6.45, 7) is 7.09. The Morgan fingerprint density at radius 3 is 2.35 bits per heavy atom. The van der Waals surface area contributed by atoms with Gasteiger partial charge in [0.1, 0.15) is 0 Å². The average Bonchev–Trinajstić information content (AvgIpc) is 2.49. The second-order valence-corrected chi connectivity index (χ2v) is 6.32. The lowest BCUT2D eigenvalue weighted by molar-refractivity contribution is 0.183. The molecule has 0 saturated carbocycles. The van der Waals surface area contributed by atoms with Crippen LogP contribution in [0.3, 0.4) is 0 Å². The van der Waals surface area contributed by atoms with Crippen molar-refractivity contribution in [1.29, 1.82) is 0 Å². The molecule has 0 spiro atoms. The molecule has 0 amide bonds. The number of hydrogen-bond donors (Lipinski definition) is 0. The molecule has 0 aromatic heterocycles. The third-order valence-corrected chi connectivity index (χ3v) is 4.15. The highest BCUT2D eigenvalue weighted by molar-refractivity contribution is 5.15. The van der Waals surface area contributed by atoms with E-state index in [0.717, 1.165) is 0 Å². The van der Waals surface area contributed by atoms with Gasteiger partial charge in [-0.25, -0.2) is 0 Å². The summed E-state index contributed by atoms with van der Waals surface area (Å²) in [5.74, 6) is 0.652. The highest BCUT2D eigenvalue weighted by atomic mass is 15.2. The Morgan fingerprint density at radius 2 is 1.70 bits per heavy atom. The molecule has 0 bridgehead atoms. The van der Waals surface area contributed by atoms with Crippen molar-refractivity contribution in [3.63, 3.8) is 0 Å². The molecule has 1 heterocycles. The average molecular weight is 271 g/mol. The first-order valence-electron chi connectivity index (χ1n) is 8.22. The summed E-state index contributed by atoms with van der Waals surface area (Å²) in [4.78, 5) is 2.69. The summed E-state index contributed by atoms with van der Waals surface area (Å²) in [6, 6.07) is 11.5. The first kappa shape index (κ1) is 15.3. The lowest BCUT2D eigenvalue weighted by Crippen LogP contribution is -2.38. The maximum Gasteiger partial charge on any atom is 0.0281 e. The first-order valence-corrected chi connectivity index (χ1v) is 8.22. The number of aryl methyl sites for hydroxylation is 1. The highest BCUT2D eigenvalue weighted by Crippen LogP contribution is 2.18. The summed E-state index contributed by atoms with van der Waals surface area (Å²) >= 11 is 0. The van der Waals surface area contributed by atoms with E-state index in [0.29, 0.717) is 12.0 Å². The Labute approximate surface area is 124 Å². The van der Waals surface area contributed by atoms with E-state index in [1.54, 1.807) is 0 Å². The van der Waals surface area contributed by atoms with Gasteiger partial charge in [-0.1, -0.05) is 62.8 Å². The standard InChI is InChI=1S/C19H29N/c1-17(2)11-13-19(20-15-7-4-8-16-20)14-12-18-9-5-3-6-10-18/h3,5-6,9-11,13,17,19H,4,7-8,12,14-16H2,1-2H3/b13-11+. The van der Waals surface area contributed by atoms with Crippen LogP contribution < -0.4 is 0 Å². The molecule has 0 N–H and O–H groups in total. The van der Waals surface area contributed by atoms with Crippen molar-refractivity contribution < 1.29 is 0 Å². The zero-order valence-electron chi connectivity index (χ0n) is 13.1. The van der Waals surface area contributed by atoms with E-state index in [4.69, 9.17) is 0 Å². The summed E-state index contributed by atoms with van der Waals surface area (Å²) in [6.07, 6.45) is 11.4. The fourth-order valence-electron chi connectivity index (χ4n) is 2.96. The SMILES string of the molecule is CC(C)/C=C/C(CCc1ccccc1)N1CCCCC1. The van der Waals surface area contributed by atoms with Crippen LogP contribution in [0.5, 0.6) is 0 Å². The van der Waals surface area contributed by atoms with Crippen LogP contribution >= 0.6 is 0 Å². The van der Waals surface area contributed by atoms with Gasteiger partial charge in [0, 0.05) is 6.04 Å². The number of nitrogens with zero attached hydrogens (tertiary/aromatic N) is 1. The largest absolute Gasteiger partial charge is 0.297 e. The Kier molecular flexibility index (Phi) is 6.32. The number of benzene rings is 1. The Hall–Kier alpha value is -1.08. The Morgan fingerprint density at radius 1 is 1.00 bits per heavy atom. The van der Waals surface area contributed by atoms with E-state index in [9.17, 15) is 0 Å². The molecule has 1 aromatic carbocycles. The van der Waals surface area contributed by atoms with E-state index in [2.05, 4.69) is 61.2 Å². The normalized spacial score (nSPS) is 18.8. The highest BCUT2D eigenvalue weighted by Gasteiger charge is 2.18. The van der Waals surface area contributed by atoms with E-state index >= 15 is 0 Å². The molecule has 20 heavy (non-hydrogen) atoms. The van der Waals surface area contributed by atoms with Gasteiger partial charge >= 0.3 is 0 Å². The van der Waals surface area contributed by atoms with Gasteiger partial charge in [-0.05, 0) is 50.3 Å². The maximum atomic E-state index is 2.69. The monoisotopic (exact) mass is 271 g/mol. The molecule has 1 fully saturated rings. The summed E-state index contributed by atoms with van der Waals surface area (Å²) < 4.78 is 0. The number of hydrogen-bond acceptors (Lipinski definition) is 1. The summed E-state index contributed by atoms with van der Waals surface area (Å²) in [7, 11) is 0. The number of rotatable bonds is 6. The van der Waals surface area contributed by atoms with Crippen molar-refractivity contribution >= 4 is 0 Å². The molecule has 1 aliphatic rings. The van der Waals surface area contributed by atoms with Crippen LogP contribution in [0.1, 0.15) is 45.1 Å².